The van der Waals surface area contributed by atoms with Crippen LogP contribution in [0.25, 0.3) is 0 Å². The van der Waals surface area contributed by atoms with Crippen molar-refractivity contribution in [2.45, 2.75) is 27.2 Å². The summed E-state index contributed by atoms with van der Waals surface area (Å²) in [6.07, 6.45) is 0.962. The molecule has 0 heterocycles. The van der Waals surface area contributed by atoms with Crippen LogP contribution < -0.4 is 10.1 Å². The molecule has 1 aromatic rings. The summed E-state index contributed by atoms with van der Waals surface area (Å²) in [4.78, 5) is 13.6. The summed E-state index contributed by atoms with van der Waals surface area (Å²) < 4.78 is 5.55. The highest BCUT2D eigenvalue weighted by molar-refractivity contribution is 5.90. The Morgan fingerprint density at radius 1 is 1.40 bits per heavy atom. The van der Waals surface area contributed by atoms with Crippen LogP contribution in [-0.4, -0.2) is 42.3 Å². The molecular weight excluding hydrogens is 256 g/mol. The number of aryl methyl sites for hydroxylation is 1. The number of aliphatic hydroxyl groups excluding tert-OH is 1. The molecule has 0 aliphatic rings. The first-order chi connectivity index (χ1) is 9.62. The minimum Gasteiger partial charge on any atom is -0.494 e. The van der Waals surface area contributed by atoms with Crippen LogP contribution >= 0.6 is 0 Å². The van der Waals surface area contributed by atoms with Crippen molar-refractivity contribution < 1.29 is 14.6 Å². The van der Waals surface area contributed by atoms with E-state index in [1.54, 1.807) is 4.90 Å². The molecule has 0 aliphatic heterocycles. The van der Waals surface area contributed by atoms with E-state index in [-0.39, 0.29) is 12.6 Å². The van der Waals surface area contributed by atoms with Crippen molar-refractivity contribution in [3.8, 4) is 5.75 Å². The van der Waals surface area contributed by atoms with E-state index in [4.69, 9.17) is 9.84 Å². The minimum atomic E-state index is -0.202. The zero-order valence-electron chi connectivity index (χ0n) is 12.5. The normalized spacial score (nSPS) is 10.2. The summed E-state index contributed by atoms with van der Waals surface area (Å²) in [7, 11) is 0. The van der Waals surface area contributed by atoms with Crippen molar-refractivity contribution in [2.24, 2.45) is 0 Å². The highest BCUT2D eigenvalue weighted by Crippen LogP contribution is 2.21. The molecule has 0 bridgehead atoms. The molecule has 2 N–H and O–H groups in total. The Morgan fingerprint density at radius 2 is 2.15 bits per heavy atom. The van der Waals surface area contributed by atoms with Crippen LogP contribution in [0.4, 0.5) is 10.5 Å². The average Bonchev–Trinajstić information content (AvgIpc) is 2.44. The number of nitrogens with zero attached hydrogens (tertiary/aromatic N) is 1. The lowest BCUT2D eigenvalue weighted by Gasteiger charge is -2.21. The van der Waals surface area contributed by atoms with Crippen molar-refractivity contribution in [3.63, 3.8) is 0 Å². The lowest BCUT2D eigenvalue weighted by molar-refractivity contribution is 0.192. The lowest BCUT2D eigenvalue weighted by Crippen LogP contribution is -2.36. The second-order valence-electron chi connectivity index (χ2n) is 4.56. The first-order valence-electron chi connectivity index (χ1n) is 7.02. The monoisotopic (exact) mass is 280 g/mol. The molecule has 20 heavy (non-hydrogen) atoms. The fraction of sp³-hybridized carbons (Fsp3) is 0.533. The zero-order valence-corrected chi connectivity index (χ0v) is 12.5. The number of carbonyl (C=O) groups excluding carboxylic acids is 1. The smallest absolute Gasteiger partial charge is 0.321 e. The number of amides is 2. The Balaban J connectivity index is 2.70. The number of anilines is 1. The van der Waals surface area contributed by atoms with Gasteiger partial charge in [-0.3, -0.25) is 0 Å². The van der Waals surface area contributed by atoms with Gasteiger partial charge in [-0.15, -0.1) is 0 Å². The van der Waals surface area contributed by atoms with Gasteiger partial charge in [-0.2, -0.15) is 0 Å². The van der Waals surface area contributed by atoms with Gasteiger partial charge in [0, 0.05) is 18.8 Å². The zero-order chi connectivity index (χ0) is 15.0. The number of urea groups is 1. The molecule has 5 nitrogen and oxygen atoms in total. The van der Waals surface area contributed by atoms with Gasteiger partial charge in [-0.25, -0.2) is 4.79 Å². The highest BCUT2D eigenvalue weighted by atomic mass is 16.5. The Kier molecular flexibility index (Phi) is 6.87. The number of likely N-dealkylation sites (N-methyl/N-ethyl adjacent to an activating group) is 1. The maximum atomic E-state index is 12.0. The largest absolute Gasteiger partial charge is 0.494 e. The maximum Gasteiger partial charge on any atom is 0.321 e. The topological polar surface area (TPSA) is 61.8 Å². The second-order valence-corrected chi connectivity index (χ2v) is 4.56. The number of nitrogens with one attached hydrogen (secondary N) is 1. The summed E-state index contributed by atoms with van der Waals surface area (Å²) in [5.41, 5.74) is 1.71. The molecule has 0 atom stereocenters. The fourth-order valence-corrected chi connectivity index (χ4v) is 1.80. The van der Waals surface area contributed by atoms with E-state index >= 15 is 0 Å². The summed E-state index contributed by atoms with van der Waals surface area (Å²) in [5, 5.41) is 11.8. The molecule has 5 heteroatoms. The molecule has 0 saturated heterocycles. The third kappa shape index (κ3) is 4.74. The highest BCUT2D eigenvalue weighted by Gasteiger charge is 2.12. The van der Waals surface area contributed by atoms with Crippen LogP contribution in [-0.2, 0) is 0 Å². The van der Waals surface area contributed by atoms with Crippen LogP contribution in [0.1, 0.15) is 25.8 Å². The fourth-order valence-electron chi connectivity index (χ4n) is 1.80. The van der Waals surface area contributed by atoms with Gasteiger partial charge < -0.3 is 20.1 Å². The van der Waals surface area contributed by atoms with E-state index in [0.717, 1.165) is 23.4 Å². The van der Waals surface area contributed by atoms with Gasteiger partial charge in [0.15, 0.2) is 0 Å². The molecule has 0 spiro atoms. The summed E-state index contributed by atoms with van der Waals surface area (Å²) in [5.74, 6) is 0.810. The van der Waals surface area contributed by atoms with Gasteiger partial charge in [-0.05, 0) is 44.0 Å². The molecule has 1 rings (SSSR count). The van der Waals surface area contributed by atoms with Crippen LogP contribution in [0.5, 0.6) is 5.75 Å². The Hall–Kier alpha value is -1.75. The van der Waals surface area contributed by atoms with Gasteiger partial charge in [0.25, 0.3) is 0 Å². The molecule has 0 unspecified atom stereocenters. The Bertz CT molecular complexity index is 435. The number of carbonyl (C=O) groups is 1. The molecule has 0 fully saturated rings. The maximum absolute atomic E-state index is 12.0. The van der Waals surface area contributed by atoms with Crippen molar-refractivity contribution in [1.29, 1.82) is 0 Å². The second kappa shape index (κ2) is 8.43. The number of ether oxygens (including phenoxy) is 1. The molecule has 0 aliphatic carbocycles. The van der Waals surface area contributed by atoms with E-state index in [9.17, 15) is 4.79 Å². The molecule has 2 amide bonds. The van der Waals surface area contributed by atoms with Crippen molar-refractivity contribution in [1.82, 2.24) is 4.90 Å². The van der Waals surface area contributed by atoms with Crippen LogP contribution in [0.3, 0.4) is 0 Å². The van der Waals surface area contributed by atoms with E-state index in [2.05, 4.69) is 12.2 Å². The van der Waals surface area contributed by atoms with Crippen LogP contribution in [0.15, 0.2) is 18.2 Å². The predicted molar refractivity (Wildman–Crippen MR) is 80.3 cm³/mol. The van der Waals surface area contributed by atoms with Gasteiger partial charge in [0.05, 0.1) is 13.2 Å². The molecular formula is C15H24N2O3. The summed E-state index contributed by atoms with van der Waals surface area (Å²) in [6, 6.07) is 5.39. The molecule has 0 saturated carbocycles. The summed E-state index contributed by atoms with van der Waals surface area (Å²) >= 11 is 0. The quantitative estimate of drug-likeness (QED) is 0.807. The molecule has 1 aromatic carbocycles. The number of hydrogen-bond acceptors (Lipinski definition) is 3. The molecule has 112 valence electrons. The lowest BCUT2D eigenvalue weighted by atomic mass is 10.2. The average molecular weight is 280 g/mol. The van der Waals surface area contributed by atoms with Gasteiger partial charge >= 0.3 is 6.03 Å². The standard InChI is InChI=1S/C15H24N2O3/c1-4-10-20-13-6-7-14(12(3)11-13)16-15(19)17(5-2)8-9-18/h6-7,11,18H,4-5,8-10H2,1-3H3,(H,16,19). The van der Waals surface area contributed by atoms with Gasteiger partial charge in [0.1, 0.15) is 5.75 Å². The van der Waals surface area contributed by atoms with E-state index in [0.29, 0.717) is 19.7 Å². The Labute approximate surface area is 120 Å². The van der Waals surface area contributed by atoms with Crippen LogP contribution in [0.2, 0.25) is 0 Å². The summed E-state index contributed by atoms with van der Waals surface area (Å²) in [6.45, 7) is 7.40. The number of rotatable bonds is 7. The molecule has 0 aromatic heterocycles. The number of aliphatic hydroxyl groups is 1. The third-order valence-corrected chi connectivity index (χ3v) is 2.95. The van der Waals surface area contributed by atoms with Gasteiger partial charge in [-0.1, -0.05) is 6.92 Å². The van der Waals surface area contributed by atoms with Crippen molar-refractivity contribution >= 4 is 11.7 Å². The van der Waals surface area contributed by atoms with Crippen molar-refractivity contribution in [2.75, 3.05) is 31.6 Å². The minimum absolute atomic E-state index is 0.0377. The van der Waals surface area contributed by atoms with E-state index < -0.39 is 0 Å². The Morgan fingerprint density at radius 3 is 2.70 bits per heavy atom. The third-order valence-electron chi connectivity index (χ3n) is 2.95. The van der Waals surface area contributed by atoms with Crippen LogP contribution in [0, 0.1) is 6.92 Å². The number of benzene rings is 1. The van der Waals surface area contributed by atoms with E-state index in [1.807, 2.05) is 32.0 Å². The first kappa shape index (κ1) is 16.3. The van der Waals surface area contributed by atoms with E-state index in [1.165, 1.54) is 0 Å². The predicted octanol–water partition coefficient (Wildman–Crippen LogP) is 2.63. The SMILES string of the molecule is CCCOc1ccc(NC(=O)N(CC)CCO)c(C)c1. The number of hydrogen-bond donors (Lipinski definition) is 2. The van der Waals surface area contributed by atoms with Crippen molar-refractivity contribution in [3.05, 3.63) is 23.8 Å². The molecule has 0 radical (unpaired) electrons. The van der Waals surface area contributed by atoms with Gasteiger partial charge in [0.2, 0.25) is 0 Å². The first-order valence-corrected chi connectivity index (χ1v) is 7.02.